The zero-order valence-electron chi connectivity index (χ0n) is 15.8. The molecule has 1 aliphatic heterocycles. The van der Waals surface area contributed by atoms with Gasteiger partial charge < -0.3 is 10.4 Å². The Morgan fingerprint density at radius 3 is 2.38 bits per heavy atom. The van der Waals surface area contributed by atoms with Crippen LogP contribution >= 0.6 is 11.8 Å². The molecule has 2 N–H and O–H groups in total. The molecule has 1 atom stereocenters. The molecule has 0 radical (unpaired) electrons. The summed E-state index contributed by atoms with van der Waals surface area (Å²) in [6.07, 6.45) is 2.17. The number of thioether (sulfide) groups is 1. The zero-order chi connectivity index (χ0) is 20.6. The lowest BCUT2D eigenvalue weighted by Crippen LogP contribution is -2.41. The summed E-state index contributed by atoms with van der Waals surface area (Å²) in [7, 11) is 0. The van der Waals surface area contributed by atoms with Crippen LogP contribution < -0.4 is 5.32 Å². The van der Waals surface area contributed by atoms with Crippen molar-refractivity contribution in [2.75, 3.05) is 13.2 Å². The maximum absolute atomic E-state index is 12.5. The van der Waals surface area contributed by atoms with Gasteiger partial charge in [0.05, 0.1) is 17.6 Å². The molecule has 1 fully saturated rings. The van der Waals surface area contributed by atoms with Crippen LogP contribution in [-0.4, -0.2) is 46.3 Å². The molecule has 6 nitrogen and oxygen atoms in total. The van der Waals surface area contributed by atoms with E-state index in [1.165, 1.54) is 0 Å². The summed E-state index contributed by atoms with van der Waals surface area (Å²) in [4.78, 5) is 38.4. The van der Waals surface area contributed by atoms with Gasteiger partial charge in [0, 0.05) is 13.0 Å². The number of aliphatic hydroxyl groups excluding tert-OH is 1. The average Bonchev–Trinajstić information content (AvgIpc) is 3.00. The first-order valence-corrected chi connectivity index (χ1v) is 10.1. The van der Waals surface area contributed by atoms with Gasteiger partial charge in [0.25, 0.3) is 11.1 Å². The van der Waals surface area contributed by atoms with Crippen LogP contribution in [0.25, 0.3) is 6.08 Å². The largest absolute Gasteiger partial charge is 0.394 e. The summed E-state index contributed by atoms with van der Waals surface area (Å²) in [6.45, 7) is -0.186. The number of hydrogen-bond donors (Lipinski definition) is 2. The van der Waals surface area contributed by atoms with Crippen molar-refractivity contribution in [2.45, 2.75) is 18.9 Å². The maximum Gasteiger partial charge on any atom is 0.293 e. The summed E-state index contributed by atoms with van der Waals surface area (Å²) in [5.74, 6) is -0.703. The molecular formula is C22H22N2O4S. The minimum Gasteiger partial charge on any atom is -0.394 e. The van der Waals surface area contributed by atoms with Gasteiger partial charge in [0.1, 0.15) is 0 Å². The normalized spacial score (nSPS) is 16.3. The van der Waals surface area contributed by atoms with Crippen molar-refractivity contribution in [3.05, 3.63) is 76.7 Å². The standard InChI is InChI=1S/C22H22N2O4S/c25-15-18(13-16-7-3-1-4-8-16)23-20(26)11-12-24-21(27)19(29-22(24)28)14-17-9-5-2-6-10-17/h1-10,14,18,25H,11-13,15H2,(H,23,26). The fourth-order valence-corrected chi connectivity index (χ4v) is 3.83. The van der Waals surface area contributed by atoms with Crippen LogP contribution in [0.4, 0.5) is 4.79 Å². The second-order valence-electron chi connectivity index (χ2n) is 6.63. The van der Waals surface area contributed by atoms with Crippen LogP contribution in [0.5, 0.6) is 0 Å². The number of hydrogen-bond acceptors (Lipinski definition) is 5. The van der Waals surface area contributed by atoms with E-state index in [0.29, 0.717) is 11.3 Å². The molecule has 1 aliphatic rings. The number of rotatable bonds is 8. The minimum atomic E-state index is -0.419. The Hall–Kier alpha value is -2.90. The van der Waals surface area contributed by atoms with Crippen molar-refractivity contribution in [1.82, 2.24) is 10.2 Å². The van der Waals surface area contributed by atoms with Gasteiger partial charge >= 0.3 is 0 Å². The first-order chi connectivity index (χ1) is 14.1. The van der Waals surface area contributed by atoms with Gasteiger partial charge in [-0.2, -0.15) is 0 Å². The van der Waals surface area contributed by atoms with Gasteiger partial charge in [-0.1, -0.05) is 60.7 Å². The van der Waals surface area contributed by atoms with Crippen LogP contribution in [0.15, 0.2) is 65.6 Å². The third kappa shape index (κ3) is 5.79. The number of nitrogens with one attached hydrogen (secondary N) is 1. The van der Waals surface area contributed by atoms with E-state index in [1.54, 1.807) is 6.08 Å². The highest BCUT2D eigenvalue weighted by molar-refractivity contribution is 8.18. The monoisotopic (exact) mass is 410 g/mol. The van der Waals surface area contributed by atoms with Gasteiger partial charge in [0.2, 0.25) is 5.91 Å². The number of aliphatic hydroxyl groups is 1. The lowest BCUT2D eigenvalue weighted by atomic mass is 10.1. The third-order valence-corrected chi connectivity index (χ3v) is 5.35. The highest BCUT2D eigenvalue weighted by Crippen LogP contribution is 2.32. The van der Waals surface area contributed by atoms with Gasteiger partial charge in [-0.15, -0.1) is 0 Å². The molecule has 2 aromatic rings. The van der Waals surface area contributed by atoms with Gasteiger partial charge in [0.15, 0.2) is 0 Å². The van der Waals surface area contributed by atoms with Gasteiger partial charge in [-0.25, -0.2) is 0 Å². The molecule has 2 aromatic carbocycles. The summed E-state index contributed by atoms with van der Waals surface area (Å²) in [5, 5.41) is 11.9. The number of carbonyl (C=O) groups is 3. The van der Waals surface area contributed by atoms with Crippen LogP contribution in [0, 0.1) is 0 Å². The van der Waals surface area contributed by atoms with Crippen molar-refractivity contribution in [3.63, 3.8) is 0 Å². The molecule has 1 saturated heterocycles. The number of imide groups is 1. The van der Waals surface area contributed by atoms with E-state index in [-0.39, 0.29) is 36.6 Å². The fraction of sp³-hybridized carbons (Fsp3) is 0.227. The lowest BCUT2D eigenvalue weighted by molar-refractivity contribution is -0.124. The first-order valence-electron chi connectivity index (χ1n) is 9.31. The molecular weight excluding hydrogens is 388 g/mol. The predicted molar refractivity (Wildman–Crippen MR) is 113 cm³/mol. The summed E-state index contributed by atoms with van der Waals surface area (Å²) in [6, 6.07) is 18.4. The van der Waals surface area contributed by atoms with Gasteiger partial charge in [-0.05, 0) is 35.4 Å². The predicted octanol–water partition coefficient (Wildman–Crippen LogP) is 2.83. The second-order valence-corrected chi connectivity index (χ2v) is 7.62. The van der Waals surface area contributed by atoms with Crippen LogP contribution in [0.2, 0.25) is 0 Å². The Morgan fingerprint density at radius 2 is 1.72 bits per heavy atom. The van der Waals surface area contributed by atoms with E-state index in [1.807, 2.05) is 60.7 Å². The number of nitrogens with zero attached hydrogens (tertiary/aromatic N) is 1. The third-order valence-electron chi connectivity index (χ3n) is 4.44. The van der Waals surface area contributed by atoms with Crippen LogP contribution in [-0.2, 0) is 16.0 Å². The zero-order valence-corrected chi connectivity index (χ0v) is 16.6. The number of carbonyl (C=O) groups excluding carboxylic acids is 3. The van der Waals surface area contributed by atoms with Crippen molar-refractivity contribution >= 4 is 34.9 Å². The van der Waals surface area contributed by atoms with Crippen molar-refractivity contribution in [3.8, 4) is 0 Å². The lowest BCUT2D eigenvalue weighted by Gasteiger charge is -2.18. The summed E-state index contributed by atoms with van der Waals surface area (Å²) in [5.41, 5.74) is 1.84. The fourth-order valence-electron chi connectivity index (χ4n) is 2.97. The molecule has 29 heavy (non-hydrogen) atoms. The minimum absolute atomic E-state index is 0.00607. The Morgan fingerprint density at radius 1 is 1.07 bits per heavy atom. The molecule has 0 aliphatic carbocycles. The highest BCUT2D eigenvalue weighted by atomic mass is 32.2. The highest BCUT2D eigenvalue weighted by Gasteiger charge is 2.35. The van der Waals surface area contributed by atoms with Crippen LogP contribution in [0.3, 0.4) is 0 Å². The van der Waals surface area contributed by atoms with Crippen molar-refractivity contribution in [2.24, 2.45) is 0 Å². The molecule has 0 bridgehead atoms. The van der Waals surface area contributed by atoms with Crippen molar-refractivity contribution < 1.29 is 19.5 Å². The molecule has 0 spiro atoms. The van der Waals surface area contributed by atoms with E-state index in [2.05, 4.69) is 5.32 Å². The topological polar surface area (TPSA) is 86.7 Å². The quantitative estimate of drug-likeness (QED) is 0.654. The van der Waals surface area contributed by atoms with Crippen molar-refractivity contribution in [1.29, 1.82) is 0 Å². The van der Waals surface area contributed by atoms with E-state index in [4.69, 9.17) is 0 Å². The summed E-state index contributed by atoms with van der Waals surface area (Å²) < 4.78 is 0. The van der Waals surface area contributed by atoms with Gasteiger partial charge in [-0.3, -0.25) is 19.3 Å². The maximum atomic E-state index is 12.5. The van der Waals surface area contributed by atoms with E-state index in [0.717, 1.165) is 27.8 Å². The Labute approximate surface area is 173 Å². The van der Waals surface area contributed by atoms with E-state index < -0.39 is 6.04 Å². The summed E-state index contributed by atoms with van der Waals surface area (Å²) >= 11 is 0.875. The Kier molecular flexibility index (Phi) is 7.21. The first kappa shape index (κ1) is 20.8. The number of amides is 3. The Bertz CT molecular complexity index is 900. The number of benzene rings is 2. The molecule has 1 heterocycles. The average molecular weight is 410 g/mol. The smallest absolute Gasteiger partial charge is 0.293 e. The second kappa shape index (κ2) is 10.0. The molecule has 1 unspecified atom stereocenters. The molecule has 3 rings (SSSR count). The van der Waals surface area contributed by atoms with E-state index in [9.17, 15) is 19.5 Å². The molecule has 7 heteroatoms. The molecule has 150 valence electrons. The molecule has 0 aromatic heterocycles. The molecule has 3 amide bonds. The van der Waals surface area contributed by atoms with E-state index >= 15 is 0 Å². The Balaban J connectivity index is 1.53. The molecule has 0 saturated carbocycles. The van der Waals surface area contributed by atoms with Crippen LogP contribution in [0.1, 0.15) is 17.5 Å². The SMILES string of the molecule is O=C(CCN1C(=O)SC(=Cc2ccccc2)C1=O)NC(CO)Cc1ccccc1.